The Morgan fingerprint density at radius 3 is 2.55 bits per heavy atom. The minimum atomic E-state index is -0.823. The summed E-state index contributed by atoms with van der Waals surface area (Å²) in [7, 11) is 0. The van der Waals surface area contributed by atoms with Gasteiger partial charge < -0.3 is 16.8 Å². The van der Waals surface area contributed by atoms with Gasteiger partial charge in [-0.25, -0.2) is 13.8 Å². The van der Waals surface area contributed by atoms with Crippen molar-refractivity contribution in [3.05, 3.63) is 75.3 Å². The van der Waals surface area contributed by atoms with Crippen LogP contribution in [0.3, 0.4) is 0 Å². The number of aryl methyl sites for hydroxylation is 1. The third-order valence-corrected chi connectivity index (χ3v) is 4.98. The zero-order valence-electron chi connectivity index (χ0n) is 17.4. The number of halogens is 2. The first-order valence-corrected chi connectivity index (χ1v) is 9.83. The molecule has 0 fully saturated rings. The summed E-state index contributed by atoms with van der Waals surface area (Å²) in [5.74, 6) is -1.44. The van der Waals surface area contributed by atoms with Crippen LogP contribution >= 0.6 is 0 Å². The van der Waals surface area contributed by atoms with Crippen LogP contribution < -0.4 is 22.3 Å². The second-order valence-electron chi connectivity index (χ2n) is 7.25. The molecule has 11 heteroatoms. The first-order valence-electron chi connectivity index (χ1n) is 9.83. The van der Waals surface area contributed by atoms with Crippen molar-refractivity contribution >= 4 is 28.5 Å². The molecule has 4 aromatic rings. The van der Waals surface area contributed by atoms with Gasteiger partial charge in [-0.3, -0.25) is 9.36 Å². The minimum absolute atomic E-state index is 0.0108. The average Bonchev–Trinajstić information content (AvgIpc) is 2.73. The highest BCUT2D eigenvalue weighted by atomic mass is 19.1. The number of anilines is 3. The predicted octanol–water partition coefficient (Wildman–Crippen LogP) is 2.45. The van der Waals surface area contributed by atoms with Crippen molar-refractivity contribution in [3.8, 4) is 11.8 Å². The Kier molecular flexibility index (Phi) is 5.58. The fourth-order valence-corrected chi connectivity index (χ4v) is 3.53. The number of nitriles is 1. The Bertz CT molecular complexity index is 1470. The number of nitrogen functional groups attached to an aromatic ring is 2. The molecule has 0 amide bonds. The Morgan fingerprint density at radius 2 is 1.85 bits per heavy atom. The molecule has 166 valence electrons. The summed E-state index contributed by atoms with van der Waals surface area (Å²) in [6, 6.07) is 9.89. The summed E-state index contributed by atoms with van der Waals surface area (Å²) in [6.07, 6.45) is 0.145. The summed E-state index contributed by atoms with van der Waals surface area (Å²) in [5.41, 5.74) is 12.2. The summed E-state index contributed by atoms with van der Waals surface area (Å²) >= 11 is 0. The smallest absolute Gasteiger partial charge is 0.265 e. The minimum Gasteiger partial charge on any atom is -0.382 e. The van der Waals surface area contributed by atoms with Gasteiger partial charge in [0.25, 0.3) is 5.56 Å². The van der Waals surface area contributed by atoms with E-state index in [1.807, 2.05) is 19.1 Å². The molecule has 0 aliphatic carbocycles. The van der Waals surface area contributed by atoms with E-state index >= 15 is 0 Å². The largest absolute Gasteiger partial charge is 0.382 e. The third kappa shape index (κ3) is 4.14. The summed E-state index contributed by atoms with van der Waals surface area (Å²) in [4.78, 5) is 25.7. The highest BCUT2D eigenvalue weighted by Crippen LogP contribution is 2.20. The molecule has 0 radical (unpaired) electrons. The number of para-hydroxylation sites is 1. The van der Waals surface area contributed by atoms with Crippen molar-refractivity contribution in [1.29, 1.82) is 5.26 Å². The van der Waals surface area contributed by atoms with Gasteiger partial charge in [0.05, 0.1) is 16.6 Å². The summed E-state index contributed by atoms with van der Waals surface area (Å²) in [6.45, 7) is 1.97. The van der Waals surface area contributed by atoms with Crippen LogP contribution in [-0.4, -0.2) is 26.1 Å². The fourth-order valence-electron chi connectivity index (χ4n) is 3.53. The number of hydrogen-bond acceptors (Lipinski definition) is 8. The number of nitrogens with two attached hydrogens (primary N) is 2. The van der Waals surface area contributed by atoms with E-state index in [0.29, 0.717) is 10.9 Å². The van der Waals surface area contributed by atoms with Gasteiger partial charge in [-0.1, -0.05) is 12.1 Å². The Hall–Kier alpha value is -4.59. The first-order chi connectivity index (χ1) is 15.8. The SMILES string of the molecule is Cc1cccc2c(=O)n(-c3cc(F)cc(F)c3)c(CCNc3nc(N)nc(N)c3C#N)nc12. The summed E-state index contributed by atoms with van der Waals surface area (Å²) < 4.78 is 29.0. The molecule has 4 rings (SSSR count). The number of hydrogen-bond donors (Lipinski definition) is 3. The maximum absolute atomic E-state index is 13.9. The molecule has 33 heavy (non-hydrogen) atoms. The molecule has 0 unspecified atom stereocenters. The van der Waals surface area contributed by atoms with Crippen molar-refractivity contribution in [2.75, 3.05) is 23.3 Å². The van der Waals surface area contributed by atoms with Gasteiger partial charge in [0.1, 0.15) is 34.9 Å². The van der Waals surface area contributed by atoms with Crippen molar-refractivity contribution in [2.24, 2.45) is 0 Å². The van der Waals surface area contributed by atoms with Gasteiger partial charge in [-0.05, 0) is 30.7 Å². The molecule has 2 aromatic heterocycles. The monoisotopic (exact) mass is 448 g/mol. The van der Waals surface area contributed by atoms with Gasteiger partial charge in [0.2, 0.25) is 5.95 Å². The molecular weight excluding hydrogens is 430 g/mol. The van der Waals surface area contributed by atoms with Crippen molar-refractivity contribution in [2.45, 2.75) is 13.3 Å². The van der Waals surface area contributed by atoms with Gasteiger partial charge in [-0.2, -0.15) is 15.2 Å². The number of nitrogens with one attached hydrogen (secondary N) is 1. The molecule has 0 bridgehead atoms. The summed E-state index contributed by atoms with van der Waals surface area (Å²) in [5, 5.41) is 12.6. The van der Waals surface area contributed by atoms with Crippen molar-refractivity contribution in [3.63, 3.8) is 0 Å². The van der Waals surface area contributed by atoms with Gasteiger partial charge in [0.15, 0.2) is 5.82 Å². The Morgan fingerprint density at radius 1 is 1.12 bits per heavy atom. The lowest BCUT2D eigenvalue weighted by Gasteiger charge is -2.15. The van der Waals surface area contributed by atoms with Crippen LogP contribution in [0.4, 0.5) is 26.4 Å². The fraction of sp³-hybridized carbons (Fsp3) is 0.136. The molecule has 0 aliphatic rings. The third-order valence-electron chi connectivity index (χ3n) is 4.98. The van der Waals surface area contributed by atoms with Gasteiger partial charge >= 0.3 is 0 Å². The Labute approximate surface area is 186 Å². The van der Waals surface area contributed by atoms with Gasteiger partial charge in [-0.15, -0.1) is 0 Å². The van der Waals surface area contributed by atoms with Gasteiger partial charge in [0, 0.05) is 19.0 Å². The van der Waals surface area contributed by atoms with Crippen molar-refractivity contribution < 1.29 is 8.78 Å². The number of benzene rings is 2. The second kappa shape index (κ2) is 8.51. The second-order valence-corrected chi connectivity index (χ2v) is 7.25. The van der Waals surface area contributed by atoms with E-state index in [-0.39, 0.29) is 47.6 Å². The highest BCUT2D eigenvalue weighted by molar-refractivity contribution is 5.81. The maximum atomic E-state index is 13.9. The number of fused-ring (bicyclic) bond motifs is 1. The first kappa shape index (κ1) is 21.6. The predicted molar refractivity (Wildman–Crippen MR) is 120 cm³/mol. The molecule has 5 N–H and O–H groups in total. The van der Waals surface area contributed by atoms with Crippen LogP contribution in [0.2, 0.25) is 0 Å². The zero-order valence-corrected chi connectivity index (χ0v) is 17.4. The van der Waals surface area contributed by atoms with Crippen LogP contribution in [0.5, 0.6) is 0 Å². The Balaban J connectivity index is 1.79. The van der Waals surface area contributed by atoms with E-state index in [0.717, 1.165) is 23.8 Å². The molecule has 9 nitrogen and oxygen atoms in total. The number of rotatable bonds is 5. The van der Waals surface area contributed by atoms with E-state index in [1.54, 1.807) is 12.1 Å². The van der Waals surface area contributed by atoms with Crippen LogP contribution in [0, 0.1) is 29.9 Å². The number of nitrogens with zero attached hydrogens (tertiary/aromatic N) is 5. The van der Waals surface area contributed by atoms with E-state index in [4.69, 9.17) is 11.5 Å². The highest BCUT2D eigenvalue weighted by Gasteiger charge is 2.16. The van der Waals surface area contributed by atoms with Crippen LogP contribution in [0.25, 0.3) is 16.6 Å². The quantitative estimate of drug-likeness (QED) is 0.422. The maximum Gasteiger partial charge on any atom is 0.265 e. The average molecular weight is 448 g/mol. The van der Waals surface area contributed by atoms with Crippen LogP contribution in [0.1, 0.15) is 17.0 Å². The molecule has 0 atom stereocenters. The van der Waals surface area contributed by atoms with E-state index in [2.05, 4.69) is 20.3 Å². The topological polar surface area (TPSA) is 149 Å². The molecule has 2 aromatic carbocycles. The lowest BCUT2D eigenvalue weighted by Crippen LogP contribution is -2.26. The molecule has 0 spiro atoms. The van der Waals surface area contributed by atoms with Crippen LogP contribution in [-0.2, 0) is 6.42 Å². The van der Waals surface area contributed by atoms with Crippen molar-refractivity contribution in [1.82, 2.24) is 19.5 Å². The van der Waals surface area contributed by atoms with E-state index in [1.165, 1.54) is 4.57 Å². The lowest BCUT2D eigenvalue weighted by molar-refractivity contribution is 0.580. The molecular formula is C22H18F2N8O. The zero-order chi connectivity index (χ0) is 23.7. The molecule has 0 aliphatic heterocycles. The standard InChI is InChI=1S/C22H18F2N8O/c1-11-3-2-4-15-18(11)29-17(32(21(15)33)14-8-12(23)7-13(24)9-14)5-6-28-20-16(10-25)19(26)30-22(27)31-20/h2-4,7-9H,5-6H2,1H3,(H5,26,27,28,30,31). The van der Waals surface area contributed by atoms with E-state index < -0.39 is 17.2 Å². The molecule has 0 saturated heterocycles. The lowest BCUT2D eigenvalue weighted by atomic mass is 10.1. The van der Waals surface area contributed by atoms with Crippen LogP contribution in [0.15, 0.2) is 41.2 Å². The molecule has 2 heterocycles. The normalized spacial score (nSPS) is 10.8. The molecule has 0 saturated carbocycles. The van der Waals surface area contributed by atoms with E-state index in [9.17, 15) is 18.8 Å². The number of aromatic nitrogens is 4.